The molecule has 0 aromatic heterocycles. The Kier molecular flexibility index (Phi) is 46.6. The van der Waals surface area contributed by atoms with Gasteiger partial charge in [-0.1, -0.05) is 258 Å². The molecule has 2 atom stereocenters. The molecule has 0 spiro atoms. The van der Waals surface area contributed by atoms with Gasteiger partial charge in [-0.05, 0) is 12.8 Å². The zero-order valence-electron chi connectivity index (χ0n) is 43.5. The Labute approximate surface area is 397 Å². The highest BCUT2D eigenvalue weighted by atomic mass is 16.6. The van der Waals surface area contributed by atoms with Gasteiger partial charge in [0, 0.05) is 19.3 Å². The number of rotatable bonds is 52. The van der Waals surface area contributed by atoms with Crippen LogP contribution in [0.5, 0.6) is 0 Å². The normalized spacial score (nSPS) is 12.7. The highest BCUT2D eigenvalue weighted by Crippen LogP contribution is 2.18. The quantitative estimate of drug-likeness (QED) is 0.0340. The van der Waals surface area contributed by atoms with Gasteiger partial charge in [0.1, 0.15) is 12.6 Å². The van der Waals surface area contributed by atoms with Gasteiger partial charge in [-0.3, -0.25) is 9.59 Å². The standard InChI is InChI=1S/C56H109NO7/c1-6-8-10-12-14-16-18-20-22-24-26-27-28-29-31-33-35-37-39-41-43-45-47-55(59)64-52(50-62-49-48-53(56(60)61)57(3,4)5)51-63-54(58)46-44-42-40-38-36-34-32-30-25-23-21-19-17-15-13-11-9-7-2/h52-53H,6-51H2,1-5H3. The second-order valence-electron chi connectivity index (χ2n) is 20.5. The van der Waals surface area contributed by atoms with Crippen LogP contribution in [0.4, 0.5) is 0 Å². The van der Waals surface area contributed by atoms with Crippen LogP contribution in [0.1, 0.15) is 290 Å². The molecule has 0 aliphatic carbocycles. The number of aliphatic carboxylic acids is 1. The fourth-order valence-electron chi connectivity index (χ4n) is 8.90. The number of carboxylic acids is 1. The van der Waals surface area contributed by atoms with E-state index in [1.165, 1.54) is 218 Å². The number of hydrogen-bond donors (Lipinski definition) is 0. The third kappa shape index (κ3) is 45.5. The smallest absolute Gasteiger partial charge is 0.306 e. The van der Waals surface area contributed by atoms with E-state index in [4.69, 9.17) is 14.2 Å². The lowest BCUT2D eigenvalue weighted by atomic mass is 10.0. The number of esters is 2. The van der Waals surface area contributed by atoms with Crippen molar-refractivity contribution in [2.45, 2.75) is 302 Å². The Morgan fingerprint density at radius 2 is 0.688 bits per heavy atom. The fourth-order valence-corrected chi connectivity index (χ4v) is 8.90. The predicted octanol–water partition coefficient (Wildman–Crippen LogP) is 15.1. The van der Waals surface area contributed by atoms with E-state index in [1.54, 1.807) is 0 Å². The molecular formula is C56H109NO7. The minimum atomic E-state index is -1.12. The second kappa shape index (κ2) is 47.8. The first-order valence-corrected chi connectivity index (χ1v) is 28.1. The summed E-state index contributed by atoms with van der Waals surface area (Å²) in [7, 11) is 5.44. The lowest BCUT2D eigenvalue weighted by Crippen LogP contribution is -2.55. The van der Waals surface area contributed by atoms with Crippen molar-refractivity contribution < 1.29 is 38.2 Å². The lowest BCUT2D eigenvalue weighted by molar-refractivity contribution is -0.889. The molecule has 0 radical (unpaired) electrons. The van der Waals surface area contributed by atoms with Gasteiger partial charge in [0.2, 0.25) is 0 Å². The molecule has 2 unspecified atom stereocenters. The number of carboxylic acid groups (broad SMARTS) is 1. The summed E-state index contributed by atoms with van der Waals surface area (Å²) in [6.45, 7) is 4.74. The number of ether oxygens (including phenoxy) is 3. The minimum absolute atomic E-state index is 0.0501. The number of unbranched alkanes of at least 4 members (excludes halogenated alkanes) is 38. The monoisotopic (exact) mass is 908 g/mol. The molecule has 64 heavy (non-hydrogen) atoms. The van der Waals surface area contributed by atoms with Gasteiger partial charge >= 0.3 is 11.9 Å². The molecule has 0 aromatic rings. The van der Waals surface area contributed by atoms with Gasteiger partial charge < -0.3 is 28.6 Å². The van der Waals surface area contributed by atoms with Crippen molar-refractivity contribution in [3.05, 3.63) is 0 Å². The van der Waals surface area contributed by atoms with Crippen LogP contribution in [0.2, 0.25) is 0 Å². The summed E-state index contributed by atoms with van der Waals surface area (Å²) in [4.78, 5) is 37.1. The van der Waals surface area contributed by atoms with Gasteiger partial charge in [0.25, 0.3) is 0 Å². The van der Waals surface area contributed by atoms with Crippen molar-refractivity contribution >= 4 is 17.9 Å². The highest BCUT2D eigenvalue weighted by Gasteiger charge is 2.25. The van der Waals surface area contributed by atoms with Crippen LogP contribution in [0, 0.1) is 0 Å². The molecule has 0 aliphatic heterocycles. The summed E-state index contributed by atoms with van der Waals surface area (Å²) in [5, 5.41) is 11.7. The molecule has 0 saturated heterocycles. The summed E-state index contributed by atoms with van der Waals surface area (Å²) in [6, 6.07) is -0.720. The molecular weight excluding hydrogens is 799 g/mol. The first kappa shape index (κ1) is 62.3. The van der Waals surface area contributed by atoms with Crippen LogP contribution in [0.25, 0.3) is 0 Å². The van der Waals surface area contributed by atoms with E-state index in [9.17, 15) is 19.5 Å². The SMILES string of the molecule is CCCCCCCCCCCCCCCCCCCCCCCCC(=O)OC(COCCC(C(=O)[O-])[N+](C)(C)C)COC(=O)CCCCCCCCCCCCCCCCCCCC. The molecule has 0 saturated carbocycles. The number of hydrogen-bond acceptors (Lipinski definition) is 7. The second-order valence-corrected chi connectivity index (χ2v) is 20.5. The molecule has 0 bridgehead atoms. The number of likely N-dealkylation sites (N-methyl/N-ethyl adjacent to an activating group) is 1. The molecule has 0 amide bonds. The first-order valence-electron chi connectivity index (χ1n) is 28.1. The average molecular weight is 908 g/mol. The molecule has 8 heteroatoms. The molecule has 380 valence electrons. The highest BCUT2D eigenvalue weighted by molar-refractivity contribution is 5.70. The fraction of sp³-hybridized carbons (Fsp3) is 0.946. The van der Waals surface area contributed by atoms with Crippen LogP contribution >= 0.6 is 0 Å². The Bertz CT molecular complexity index is 1010. The van der Waals surface area contributed by atoms with Crippen molar-refractivity contribution in [2.24, 2.45) is 0 Å². The predicted molar refractivity (Wildman–Crippen MR) is 268 cm³/mol. The Morgan fingerprint density at radius 3 is 0.969 bits per heavy atom. The minimum Gasteiger partial charge on any atom is -0.544 e. The van der Waals surface area contributed by atoms with Crippen LogP contribution in [0.15, 0.2) is 0 Å². The van der Waals surface area contributed by atoms with Crippen molar-refractivity contribution in [1.29, 1.82) is 0 Å². The summed E-state index contributed by atoms with van der Waals surface area (Å²) in [5.41, 5.74) is 0. The van der Waals surface area contributed by atoms with Gasteiger partial charge in [-0.15, -0.1) is 0 Å². The summed E-state index contributed by atoms with van der Waals surface area (Å²) < 4.78 is 17.3. The van der Waals surface area contributed by atoms with E-state index in [2.05, 4.69) is 13.8 Å². The summed E-state index contributed by atoms with van der Waals surface area (Å²) >= 11 is 0. The number of nitrogens with zero attached hydrogens (tertiary/aromatic N) is 1. The molecule has 0 rings (SSSR count). The zero-order valence-corrected chi connectivity index (χ0v) is 43.5. The topological polar surface area (TPSA) is 102 Å². The molecule has 8 nitrogen and oxygen atoms in total. The van der Waals surface area contributed by atoms with E-state index < -0.39 is 18.1 Å². The third-order valence-electron chi connectivity index (χ3n) is 13.2. The summed E-state index contributed by atoms with van der Waals surface area (Å²) in [6.07, 6.45) is 52.8. The van der Waals surface area contributed by atoms with Crippen molar-refractivity contribution in [1.82, 2.24) is 0 Å². The Hall–Kier alpha value is -1.67. The molecule has 0 aromatic carbocycles. The molecule has 0 heterocycles. The molecule has 0 fully saturated rings. The largest absolute Gasteiger partial charge is 0.544 e. The van der Waals surface area contributed by atoms with Gasteiger partial charge in [0.05, 0.1) is 40.3 Å². The van der Waals surface area contributed by atoms with E-state index in [1.807, 2.05) is 21.1 Å². The maximum absolute atomic E-state index is 12.8. The van der Waals surface area contributed by atoms with Gasteiger partial charge in [-0.25, -0.2) is 0 Å². The van der Waals surface area contributed by atoms with Gasteiger partial charge in [0.15, 0.2) is 6.10 Å². The van der Waals surface area contributed by atoms with Crippen LogP contribution in [-0.2, 0) is 28.6 Å². The maximum atomic E-state index is 12.8. The number of carbonyl (C=O) groups excluding carboxylic acids is 3. The third-order valence-corrected chi connectivity index (χ3v) is 13.2. The first-order chi connectivity index (χ1) is 31.1. The van der Waals surface area contributed by atoms with Crippen molar-refractivity contribution in [3.8, 4) is 0 Å². The molecule has 0 aliphatic rings. The lowest BCUT2D eigenvalue weighted by Gasteiger charge is -2.34. The molecule has 0 N–H and O–H groups in total. The van der Waals surface area contributed by atoms with Crippen molar-refractivity contribution in [3.63, 3.8) is 0 Å². The van der Waals surface area contributed by atoms with E-state index in [0.29, 0.717) is 12.8 Å². The Balaban J connectivity index is 4.12. The van der Waals surface area contributed by atoms with Gasteiger partial charge in [-0.2, -0.15) is 0 Å². The van der Waals surface area contributed by atoms with Crippen LogP contribution in [0.3, 0.4) is 0 Å². The maximum Gasteiger partial charge on any atom is 0.306 e. The van der Waals surface area contributed by atoms with E-state index >= 15 is 0 Å². The zero-order chi connectivity index (χ0) is 47.0. The van der Waals surface area contributed by atoms with E-state index in [-0.39, 0.29) is 42.7 Å². The van der Waals surface area contributed by atoms with Crippen molar-refractivity contribution in [2.75, 3.05) is 41.0 Å². The summed E-state index contributed by atoms with van der Waals surface area (Å²) in [5.74, 6) is -1.70. The van der Waals surface area contributed by atoms with Crippen LogP contribution < -0.4 is 5.11 Å². The average Bonchev–Trinajstić information content (AvgIpc) is 3.26. The van der Waals surface area contributed by atoms with E-state index in [0.717, 1.165) is 38.5 Å². The number of quaternary nitrogens is 1. The number of carbonyl (C=O) groups is 3. The van der Waals surface area contributed by atoms with Crippen LogP contribution in [-0.4, -0.2) is 75.5 Å². The Morgan fingerprint density at radius 1 is 0.406 bits per heavy atom.